The summed E-state index contributed by atoms with van der Waals surface area (Å²) in [4.78, 5) is 0. The third-order valence-electron chi connectivity index (χ3n) is 10.0. The molecule has 0 saturated carbocycles. The Kier molecular flexibility index (Phi) is 5.32. The molecule has 1 aliphatic rings. The van der Waals surface area contributed by atoms with Gasteiger partial charge in [0.2, 0.25) is 0 Å². The quantitative estimate of drug-likeness (QED) is 0.195. The van der Waals surface area contributed by atoms with Crippen molar-refractivity contribution >= 4 is 60.6 Å². The van der Waals surface area contributed by atoms with E-state index in [0.29, 0.717) is 5.92 Å². The van der Waals surface area contributed by atoms with Gasteiger partial charge in [-0.15, -0.1) is 0 Å². The molecule has 3 aromatic heterocycles. The average molecular weight is 590 g/mol. The molecule has 0 fully saturated rings. The fourth-order valence-corrected chi connectivity index (χ4v) is 8.11. The highest BCUT2D eigenvalue weighted by Crippen LogP contribution is 2.42. The minimum atomic E-state index is 0.462. The van der Waals surface area contributed by atoms with Crippen LogP contribution in [0.25, 0.3) is 77.7 Å². The van der Waals surface area contributed by atoms with Gasteiger partial charge in [0.15, 0.2) is 0 Å². The summed E-state index contributed by atoms with van der Waals surface area (Å²) in [6.07, 6.45) is 5.74. The van der Waals surface area contributed by atoms with E-state index in [1.807, 2.05) is 0 Å². The van der Waals surface area contributed by atoms with Crippen LogP contribution in [0.2, 0.25) is 0 Å². The minimum absolute atomic E-state index is 0.462. The molecule has 0 spiro atoms. The second kappa shape index (κ2) is 9.60. The lowest BCUT2D eigenvalue weighted by atomic mass is 9.91. The predicted molar refractivity (Wildman–Crippen MR) is 194 cm³/mol. The number of fused-ring (bicyclic) bond motifs is 9. The summed E-state index contributed by atoms with van der Waals surface area (Å²) in [5.41, 5.74) is 12.3. The molecule has 6 aromatic carbocycles. The van der Waals surface area contributed by atoms with Gasteiger partial charge in [0.05, 0.1) is 44.6 Å². The summed E-state index contributed by atoms with van der Waals surface area (Å²) in [5.74, 6) is 0.462. The molecule has 1 unspecified atom stereocenters. The molecule has 0 bridgehead atoms. The van der Waals surface area contributed by atoms with Crippen molar-refractivity contribution in [1.82, 2.24) is 13.7 Å². The van der Waals surface area contributed by atoms with Crippen LogP contribution in [0.3, 0.4) is 0 Å². The second-order valence-corrected chi connectivity index (χ2v) is 12.6. The summed E-state index contributed by atoms with van der Waals surface area (Å²) in [5, 5.41) is 6.41. The highest BCUT2D eigenvalue weighted by Gasteiger charge is 2.24. The van der Waals surface area contributed by atoms with E-state index in [1.54, 1.807) is 0 Å². The Labute approximate surface area is 266 Å². The molecule has 10 rings (SSSR count). The van der Waals surface area contributed by atoms with Gasteiger partial charge in [-0.1, -0.05) is 104 Å². The van der Waals surface area contributed by atoms with Crippen LogP contribution in [0.1, 0.15) is 30.5 Å². The van der Waals surface area contributed by atoms with Crippen LogP contribution >= 0.6 is 0 Å². The number of nitrogens with zero attached hydrogens (tertiary/aromatic N) is 3. The number of hydrogen-bond donors (Lipinski definition) is 0. The molecule has 1 aliphatic carbocycles. The van der Waals surface area contributed by atoms with Crippen molar-refractivity contribution in [2.45, 2.75) is 19.3 Å². The van der Waals surface area contributed by atoms with Crippen LogP contribution in [0.5, 0.6) is 0 Å². The van der Waals surface area contributed by atoms with Crippen LogP contribution in [0.4, 0.5) is 0 Å². The van der Waals surface area contributed by atoms with Crippen molar-refractivity contribution < 1.29 is 0 Å². The zero-order valence-electron chi connectivity index (χ0n) is 25.6. The fourth-order valence-electron chi connectivity index (χ4n) is 8.11. The average Bonchev–Trinajstić information content (AvgIpc) is 3.74. The molecule has 218 valence electrons. The molecule has 9 aromatic rings. The Balaban J connectivity index is 1.37. The lowest BCUT2D eigenvalue weighted by Crippen LogP contribution is -2.06. The summed E-state index contributed by atoms with van der Waals surface area (Å²) in [6.45, 7) is 2.36. The van der Waals surface area contributed by atoms with E-state index in [0.717, 1.165) is 23.5 Å². The molecular weight excluding hydrogens is 558 g/mol. The largest absolute Gasteiger partial charge is 0.309 e. The third-order valence-corrected chi connectivity index (χ3v) is 10.0. The second-order valence-electron chi connectivity index (χ2n) is 12.6. The van der Waals surface area contributed by atoms with Gasteiger partial charge in [0.1, 0.15) is 0 Å². The van der Waals surface area contributed by atoms with E-state index in [4.69, 9.17) is 0 Å². The number of benzene rings is 6. The van der Waals surface area contributed by atoms with Crippen molar-refractivity contribution in [3.8, 4) is 17.1 Å². The maximum atomic E-state index is 2.49. The highest BCUT2D eigenvalue weighted by atomic mass is 15.0. The maximum Gasteiger partial charge on any atom is 0.0541 e. The van der Waals surface area contributed by atoms with Crippen molar-refractivity contribution in [1.29, 1.82) is 0 Å². The first-order valence-electron chi connectivity index (χ1n) is 16.2. The van der Waals surface area contributed by atoms with Gasteiger partial charge in [-0.05, 0) is 72.5 Å². The summed E-state index contributed by atoms with van der Waals surface area (Å²) in [7, 11) is 0. The zero-order valence-corrected chi connectivity index (χ0v) is 25.6. The molecule has 3 nitrogen and oxygen atoms in total. The minimum Gasteiger partial charge on any atom is -0.309 e. The molecule has 0 amide bonds. The van der Waals surface area contributed by atoms with Crippen molar-refractivity contribution in [3.05, 3.63) is 157 Å². The number of para-hydroxylation sites is 5. The van der Waals surface area contributed by atoms with Crippen LogP contribution in [-0.4, -0.2) is 13.7 Å². The van der Waals surface area contributed by atoms with Gasteiger partial charge >= 0.3 is 0 Å². The van der Waals surface area contributed by atoms with E-state index in [2.05, 4.69) is 172 Å². The lowest BCUT2D eigenvalue weighted by Gasteiger charge is -2.19. The van der Waals surface area contributed by atoms with Gasteiger partial charge in [-0.3, -0.25) is 0 Å². The van der Waals surface area contributed by atoms with Crippen molar-refractivity contribution in [3.63, 3.8) is 0 Å². The number of allylic oxidation sites excluding steroid dienone is 1. The van der Waals surface area contributed by atoms with Crippen molar-refractivity contribution in [2.24, 2.45) is 0 Å². The van der Waals surface area contributed by atoms with Gasteiger partial charge in [0, 0.05) is 32.6 Å². The molecule has 0 N–H and O–H groups in total. The van der Waals surface area contributed by atoms with E-state index in [9.17, 15) is 0 Å². The standard InChI is InChI=1S/C43H31N3/c1-28-13-12-24-42-43(28)36-18-6-11-23-41(36)46(42)31-26-29(44-37-19-7-2-14-32(37)33-15-3-8-20-38(33)44)25-30(27-31)45-39-21-9-4-16-34(39)35-17-5-10-22-40(35)45/h2-12,14-28H,13H2,1H3. The SMILES string of the molecule is CC1CC=Cc2c1c1ccccc1n2-c1cc(-n2c3ccccc3c3ccccc32)cc(-n2c3ccccc3c3ccccc32)c1. The first kappa shape index (κ1) is 25.5. The van der Waals surface area contributed by atoms with Crippen LogP contribution in [-0.2, 0) is 0 Å². The topological polar surface area (TPSA) is 14.8 Å². The molecule has 0 saturated heterocycles. The highest BCUT2D eigenvalue weighted by molar-refractivity contribution is 6.10. The van der Waals surface area contributed by atoms with E-state index >= 15 is 0 Å². The van der Waals surface area contributed by atoms with E-state index in [1.165, 1.54) is 65.8 Å². The summed E-state index contributed by atoms with van der Waals surface area (Å²) in [6, 6.07) is 51.2. The number of hydrogen-bond acceptors (Lipinski definition) is 0. The fraction of sp³-hybridized carbons (Fsp3) is 0.0698. The molecule has 3 heteroatoms. The van der Waals surface area contributed by atoms with Gasteiger partial charge < -0.3 is 13.7 Å². The normalized spacial score (nSPS) is 14.7. The molecule has 46 heavy (non-hydrogen) atoms. The Morgan fingerprint density at radius 2 is 0.783 bits per heavy atom. The lowest BCUT2D eigenvalue weighted by molar-refractivity contribution is 0.773. The molecule has 0 aliphatic heterocycles. The zero-order chi connectivity index (χ0) is 30.4. The summed E-state index contributed by atoms with van der Waals surface area (Å²) < 4.78 is 7.38. The predicted octanol–water partition coefficient (Wildman–Crippen LogP) is 11.3. The first-order valence-corrected chi connectivity index (χ1v) is 16.2. The summed E-state index contributed by atoms with van der Waals surface area (Å²) >= 11 is 0. The monoisotopic (exact) mass is 589 g/mol. The third kappa shape index (κ3) is 3.48. The van der Waals surface area contributed by atoms with Crippen LogP contribution < -0.4 is 0 Å². The Morgan fingerprint density at radius 1 is 0.435 bits per heavy atom. The van der Waals surface area contributed by atoms with E-state index in [-0.39, 0.29) is 0 Å². The maximum absolute atomic E-state index is 2.49. The first-order chi connectivity index (χ1) is 22.8. The van der Waals surface area contributed by atoms with Gasteiger partial charge in [-0.2, -0.15) is 0 Å². The Hall–Kier alpha value is -5.80. The number of aromatic nitrogens is 3. The Morgan fingerprint density at radius 3 is 1.22 bits per heavy atom. The number of rotatable bonds is 3. The van der Waals surface area contributed by atoms with Gasteiger partial charge in [0.25, 0.3) is 0 Å². The van der Waals surface area contributed by atoms with Crippen LogP contribution in [0.15, 0.2) is 146 Å². The molecular formula is C43H31N3. The van der Waals surface area contributed by atoms with E-state index < -0.39 is 0 Å². The molecule has 0 radical (unpaired) electrons. The molecule has 1 atom stereocenters. The van der Waals surface area contributed by atoms with Gasteiger partial charge in [-0.25, -0.2) is 0 Å². The van der Waals surface area contributed by atoms with Crippen LogP contribution in [0, 0.1) is 0 Å². The molecule has 3 heterocycles. The van der Waals surface area contributed by atoms with Crippen molar-refractivity contribution in [2.75, 3.05) is 0 Å². The smallest absolute Gasteiger partial charge is 0.0541 e. The Bertz CT molecular complexity index is 2450.